The second-order valence-electron chi connectivity index (χ2n) is 4.83. The number of amides is 1. The van der Waals surface area contributed by atoms with Gasteiger partial charge in [-0.25, -0.2) is 0 Å². The number of carbonyl (C=O) groups excluding carboxylic acids is 1. The van der Waals surface area contributed by atoms with E-state index in [2.05, 4.69) is 15.5 Å². The number of rotatable bonds is 7. The topological polar surface area (TPSA) is 104 Å². The highest BCUT2D eigenvalue weighted by Crippen LogP contribution is 2.16. The van der Waals surface area contributed by atoms with Gasteiger partial charge in [-0.05, 0) is 19.6 Å². The first-order valence-corrected chi connectivity index (χ1v) is 7.63. The molecule has 1 aromatic rings. The van der Waals surface area contributed by atoms with Gasteiger partial charge in [0, 0.05) is 12.3 Å². The van der Waals surface area contributed by atoms with Crippen LogP contribution in [0.3, 0.4) is 0 Å². The van der Waals surface area contributed by atoms with Crippen LogP contribution in [0.4, 0.5) is 5.69 Å². The van der Waals surface area contributed by atoms with Crippen molar-refractivity contribution >= 4 is 23.4 Å². The van der Waals surface area contributed by atoms with Gasteiger partial charge in [0.2, 0.25) is 0 Å². The molecule has 6 nitrogen and oxygen atoms in total. The minimum atomic E-state index is -0.938. The third-order valence-electron chi connectivity index (χ3n) is 2.68. The fourth-order valence-corrected chi connectivity index (χ4v) is 2.44. The first-order valence-electron chi connectivity index (χ1n) is 6.23. The number of aliphatic hydroxyl groups is 1. The van der Waals surface area contributed by atoms with E-state index in [9.17, 15) is 9.90 Å². The van der Waals surface area contributed by atoms with E-state index in [4.69, 9.17) is 5.73 Å². The number of hydrogen-bond donors (Lipinski definition) is 4. The van der Waals surface area contributed by atoms with Crippen molar-refractivity contribution in [3.63, 3.8) is 0 Å². The molecule has 7 heteroatoms. The van der Waals surface area contributed by atoms with E-state index in [1.165, 1.54) is 11.8 Å². The summed E-state index contributed by atoms with van der Waals surface area (Å²) in [7, 11) is 0. The van der Waals surface area contributed by atoms with E-state index >= 15 is 0 Å². The van der Waals surface area contributed by atoms with Crippen molar-refractivity contribution in [2.45, 2.75) is 32.3 Å². The van der Waals surface area contributed by atoms with Crippen LogP contribution in [-0.4, -0.2) is 45.4 Å². The standard InChI is InChI=1S/C12H22N4O2S/c1-4-5-8-9(13)10(16-15-8)11(17)14-6-12(2,18)7-19-3/h18H,4-7,13H2,1-3H3,(H,14,17)(H,15,16). The number of nitrogens with two attached hydrogens (primary N) is 1. The zero-order valence-corrected chi connectivity index (χ0v) is 12.4. The maximum atomic E-state index is 11.9. The van der Waals surface area contributed by atoms with Crippen molar-refractivity contribution in [3.8, 4) is 0 Å². The van der Waals surface area contributed by atoms with Crippen LogP contribution in [0, 0.1) is 0 Å². The van der Waals surface area contributed by atoms with Gasteiger partial charge < -0.3 is 16.2 Å². The van der Waals surface area contributed by atoms with Gasteiger partial charge in [-0.15, -0.1) is 0 Å². The molecule has 0 fully saturated rings. The molecular weight excluding hydrogens is 264 g/mol. The Morgan fingerprint density at radius 2 is 2.32 bits per heavy atom. The van der Waals surface area contributed by atoms with Gasteiger partial charge in [-0.3, -0.25) is 9.89 Å². The number of aryl methyl sites for hydroxylation is 1. The number of aromatic amines is 1. The molecule has 19 heavy (non-hydrogen) atoms. The second-order valence-corrected chi connectivity index (χ2v) is 5.69. The van der Waals surface area contributed by atoms with Crippen molar-refractivity contribution in [1.29, 1.82) is 0 Å². The second kappa shape index (κ2) is 6.81. The minimum absolute atomic E-state index is 0.169. The normalized spacial score (nSPS) is 14.1. The lowest BCUT2D eigenvalue weighted by molar-refractivity contribution is 0.0722. The number of carbonyl (C=O) groups is 1. The summed E-state index contributed by atoms with van der Waals surface area (Å²) in [5.74, 6) is 0.183. The van der Waals surface area contributed by atoms with Crippen LogP contribution in [-0.2, 0) is 6.42 Å². The molecular formula is C12H22N4O2S. The summed E-state index contributed by atoms with van der Waals surface area (Å²) in [5.41, 5.74) is 6.30. The van der Waals surface area contributed by atoms with Crippen LogP contribution in [0.1, 0.15) is 36.5 Å². The molecule has 0 radical (unpaired) electrons. The molecule has 0 bridgehead atoms. The molecule has 0 aromatic carbocycles. The van der Waals surface area contributed by atoms with Crippen LogP contribution < -0.4 is 11.1 Å². The third kappa shape index (κ3) is 4.43. The van der Waals surface area contributed by atoms with Gasteiger partial charge in [-0.2, -0.15) is 16.9 Å². The third-order valence-corrected chi connectivity index (χ3v) is 3.59. The van der Waals surface area contributed by atoms with E-state index in [0.717, 1.165) is 18.5 Å². The summed E-state index contributed by atoms with van der Waals surface area (Å²) in [6.45, 7) is 3.88. The molecule has 1 atom stereocenters. The summed E-state index contributed by atoms with van der Waals surface area (Å²) >= 11 is 1.52. The van der Waals surface area contributed by atoms with Crippen molar-refractivity contribution in [3.05, 3.63) is 11.4 Å². The van der Waals surface area contributed by atoms with Crippen LogP contribution in [0.5, 0.6) is 0 Å². The van der Waals surface area contributed by atoms with Crippen molar-refractivity contribution in [1.82, 2.24) is 15.5 Å². The van der Waals surface area contributed by atoms with E-state index < -0.39 is 5.60 Å². The predicted molar refractivity (Wildman–Crippen MR) is 78.3 cm³/mol. The Morgan fingerprint density at radius 3 is 2.89 bits per heavy atom. The Kier molecular flexibility index (Phi) is 5.68. The molecule has 5 N–H and O–H groups in total. The molecule has 0 saturated heterocycles. The molecule has 1 aromatic heterocycles. The van der Waals surface area contributed by atoms with E-state index in [-0.39, 0.29) is 18.1 Å². The molecule has 1 rings (SSSR count). The highest BCUT2D eigenvalue weighted by molar-refractivity contribution is 7.98. The molecule has 1 heterocycles. The average Bonchev–Trinajstić information content (AvgIpc) is 2.69. The number of aromatic nitrogens is 2. The molecule has 1 unspecified atom stereocenters. The fourth-order valence-electron chi connectivity index (χ4n) is 1.72. The lowest BCUT2D eigenvalue weighted by Crippen LogP contribution is -2.42. The molecule has 0 aliphatic rings. The monoisotopic (exact) mass is 286 g/mol. The number of nitrogens with one attached hydrogen (secondary N) is 2. The van der Waals surface area contributed by atoms with Crippen molar-refractivity contribution < 1.29 is 9.90 Å². The summed E-state index contributed by atoms with van der Waals surface area (Å²) in [5, 5.41) is 19.3. The summed E-state index contributed by atoms with van der Waals surface area (Å²) in [6.07, 6.45) is 3.59. The largest absolute Gasteiger partial charge is 0.395 e. The van der Waals surface area contributed by atoms with Crippen LogP contribution in [0.25, 0.3) is 0 Å². The number of H-pyrrole nitrogens is 1. The Balaban J connectivity index is 2.64. The summed E-state index contributed by atoms with van der Waals surface area (Å²) < 4.78 is 0. The van der Waals surface area contributed by atoms with Crippen LogP contribution >= 0.6 is 11.8 Å². The predicted octanol–water partition coefficient (Wildman–Crippen LogP) is 0.788. The zero-order chi connectivity index (χ0) is 14.5. The van der Waals surface area contributed by atoms with Gasteiger partial charge in [0.15, 0.2) is 5.69 Å². The SMILES string of the molecule is CCCc1[nH]nc(C(=O)NCC(C)(O)CSC)c1N. The summed E-state index contributed by atoms with van der Waals surface area (Å²) in [4.78, 5) is 11.9. The first-order chi connectivity index (χ1) is 8.91. The van der Waals surface area contributed by atoms with Gasteiger partial charge in [0.05, 0.1) is 17.0 Å². The zero-order valence-electron chi connectivity index (χ0n) is 11.6. The van der Waals surface area contributed by atoms with Crippen LogP contribution in [0.2, 0.25) is 0 Å². The van der Waals surface area contributed by atoms with Gasteiger partial charge in [0.1, 0.15) is 0 Å². The molecule has 1 amide bonds. The van der Waals surface area contributed by atoms with E-state index in [0.29, 0.717) is 11.4 Å². The quantitative estimate of drug-likeness (QED) is 0.593. The maximum Gasteiger partial charge on any atom is 0.274 e. The van der Waals surface area contributed by atoms with E-state index in [1.807, 2.05) is 13.2 Å². The maximum absolute atomic E-state index is 11.9. The van der Waals surface area contributed by atoms with Crippen LogP contribution in [0.15, 0.2) is 0 Å². The fraction of sp³-hybridized carbons (Fsp3) is 0.667. The molecule has 108 valence electrons. The highest BCUT2D eigenvalue weighted by atomic mass is 32.2. The van der Waals surface area contributed by atoms with Gasteiger partial charge in [-0.1, -0.05) is 13.3 Å². The highest BCUT2D eigenvalue weighted by Gasteiger charge is 2.23. The van der Waals surface area contributed by atoms with Crippen molar-refractivity contribution in [2.24, 2.45) is 0 Å². The minimum Gasteiger partial charge on any atom is -0.395 e. The summed E-state index contributed by atoms with van der Waals surface area (Å²) in [6, 6.07) is 0. The molecule has 0 saturated carbocycles. The average molecular weight is 286 g/mol. The number of nitrogens with zero attached hydrogens (tertiary/aromatic N) is 1. The molecule has 0 aliphatic carbocycles. The van der Waals surface area contributed by atoms with Crippen molar-refractivity contribution in [2.75, 3.05) is 24.3 Å². The number of hydrogen-bond acceptors (Lipinski definition) is 5. The number of nitrogen functional groups attached to an aromatic ring is 1. The van der Waals surface area contributed by atoms with Gasteiger partial charge >= 0.3 is 0 Å². The smallest absolute Gasteiger partial charge is 0.274 e. The lowest BCUT2D eigenvalue weighted by atomic mass is 10.1. The number of anilines is 1. The molecule has 0 spiro atoms. The first kappa shape index (κ1) is 15.8. The molecule has 0 aliphatic heterocycles. The van der Waals surface area contributed by atoms with Gasteiger partial charge in [0.25, 0.3) is 5.91 Å². The Bertz CT molecular complexity index is 431. The van der Waals surface area contributed by atoms with E-state index in [1.54, 1.807) is 6.92 Å². The lowest BCUT2D eigenvalue weighted by Gasteiger charge is -2.22. The Morgan fingerprint density at radius 1 is 1.63 bits per heavy atom. The number of thioether (sulfide) groups is 1. The Labute approximate surface area is 117 Å². The Hall–Kier alpha value is -1.21.